The number of anilines is 1. The second kappa shape index (κ2) is 4.88. The van der Waals surface area contributed by atoms with Crippen molar-refractivity contribution >= 4 is 23.4 Å². The number of hydrogen-bond acceptors (Lipinski definition) is 4. The van der Waals surface area contributed by atoms with E-state index in [1.54, 1.807) is 6.07 Å². The first kappa shape index (κ1) is 10.9. The van der Waals surface area contributed by atoms with Gasteiger partial charge in [-0.05, 0) is 18.2 Å². The van der Waals surface area contributed by atoms with Gasteiger partial charge in [-0.15, -0.1) is 11.8 Å². The highest BCUT2D eigenvalue weighted by atomic mass is 32.2. The molecule has 0 spiro atoms. The zero-order valence-corrected chi connectivity index (χ0v) is 8.25. The predicted octanol–water partition coefficient (Wildman–Crippen LogP) is 1.05. The highest BCUT2D eigenvalue weighted by Gasteiger charge is 2.05. The van der Waals surface area contributed by atoms with Crippen molar-refractivity contribution in [3.8, 4) is 0 Å². The van der Waals surface area contributed by atoms with Gasteiger partial charge in [-0.25, -0.2) is 4.79 Å². The van der Waals surface area contributed by atoms with Gasteiger partial charge in [-0.2, -0.15) is 0 Å². The molecule has 0 radical (unpaired) electrons. The lowest BCUT2D eigenvalue weighted by Gasteiger charge is -2.04. The van der Waals surface area contributed by atoms with E-state index < -0.39 is 5.97 Å². The molecule has 0 bridgehead atoms. The van der Waals surface area contributed by atoms with Crippen LogP contribution in [-0.2, 0) is 0 Å². The number of aliphatic hydroxyl groups is 1. The molecule has 4 N–H and O–H groups in total. The summed E-state index contributed by atoms with van der Waals surface area (Å²) < 4.78 is 0. The summed E-state index contributed by atoms with van der Waals surface area (Å²) in [4.78, 5) is 11.4. The molecule has 0 fully saturated rings. The topological polar surface area (TPSA) is 83.6 Å². The lowest BCUT2D eigenvalue weighted by atomic mass is 10.2. The van der Waals surface area contributed by atoms with Gasteiger partial charge in [-0.3, -0.25) is 0 Å². The molecule has 5 heteroatoms. The van der Waals surface area contributed by atoms with E-state index >= 15 is 0 Å². The van der Waals surface area contributed by atoms with Crippen LogP contribution < -0.4 is 5.73 Å². The maximum Gasteiger partial charge on any atom is 0.335 e. The van der Waals surface area contributed by atoms with Gasteiger partial charge >= 0.3 is 5.97 Å². The average Bonchev–Trinajstić information content (AvgIpc) is 2.15. The predicted molar refractivity (Wildman–Crippen MR) is 55.6 cm³/mol. The fourth-order valence-electron chi connectivity index (χ4n) is 0.969. The standard InChI is InChI=1S/C9H11NO3S/c10-7-5-6(9(12)13)1-2-8(7)14-4-3-11/h1-2,5,11H,3-4,10H2,(H,12,13). The SMILES string of the molecule is Nc1cc(C(=O)O)ccc1SCCO. The largest absolute Gasteiger partial charge is 0.478 e. The number of carboxylic acids is 1. The third-order valence-electron chi connectivity index (χ3n) is 1.61. The van der Waals surface area contributed by atoms with Crippen LogP contribution in [0.25, 0.3) is 0 Å². The summed E-state index contributed by atoms with van der Waals surface area (Å²) in [6.07, 6.45) is 0. The first-order valence-electron chi connectivity index (χ1n) is 4.01. The molecule has 0 saturated carbocycles. The van der Waals surface area contributed by atoms with Crippen LogP contribution in [0.15, 0.2) is 23.1 Å². The van der Waals surface area contributed by atoms with Crippen molar-refractivity contribution in [3.05, 3.63) is 23.8 Å². The average molecular weight is 213 g/mol. The van der Waals surface area contributed by atoms with E-state index in [-0.39, 0.29) is 12.2 Å². The third-order valence-corrected chi connectivity index (χ3v) is 2.68. The van der Waals surface area contributed by atoms with Crippen LogP contribution in [0, 0.1) is 0 Å². The molecule has 1 rings (SSSR count). The van der Waals surface area contributed by atoms with Crippen LogP contribution in [-0.4, -0.2) is 28.5 Å². The van der Waals surface area contributed by atoms with Crippen molar-refractivity contribution in [2.24, 2.45) is 0 Å². The molecule has 0 unspecified atom stereocenters. The van der Waals surface area contributed by atoms with Crippen LogP contribution in [0.3, 0.4) is 0 Å². The molecular weight excluding hydrogens is 202 g/mol. The van der Waals surface area contributed by atoms with Gasteiger partial charge in [0.2, 0.25) is 0 Å². The van der Waals surface area contributed by atoms with E-state index in [4.69, 9.17) is 15.9 Å². The number of aliphatic hydroxyl groups excluding tert-OH is 1. The van der Waals surface area contributed by atoms with Crippen LogP contribution in [0.2, 0.25) is 0 Å². The molecule has 0 aliphatic rings. The summed E-state index contributed by atoms with van der Waals surface area (Å²) in [6, 6.07) is 4.57. The number of hydrogen-bond donors (Lipinski definition) is 3. The van der Waals surface area contributed by atoms with Gasteiger partial charge in [0.15, 0.2) is 0 Å². The molecule has 0 aliphatic heterocycles. The van der Waals surface area contributed by atoms with Crippen molar-refractivity contribution in [1.29, 1.82) is 0 Å². The van der Waals surface area contributed by atoms with Crippen molar-refractivity contribution < 1.29 is 15.0 Å². The van der Waals surface area contributed by atoms with Gasteiger partial charge < -0.3 is 15.9 Å². The van der Waals surface area contributed by atoms with Gasteiger partial charge in [-0.1, -0.05) is 0 Å². The van der Waals surface area contributed by atoms with Crippen molar-refractivity contribution in [2.45, 2.75) is 4.90 Å². The van der Waals surface area contributed by atoms with Crippen LogP contribution in [0.4, 0.5) is 5.69 Å². The summed E-state index contributed by atoms with van der Waals surface area (Å²) in [5.41, 5.74) is 6.24. The number of thioether (sulfide) groups is 1. The first-order valence-corrected chi connectivity index (χ1v) is 5.00. The lowest BCUT2D eigenvalue weighted by molar-refractivity contribution is 0.0697. The Morgan fingerprint density at radius 1 is 1.50 bits per heavy atom. The van der Waals surface area contributed by atoms with E-state index in [0.717, 1.165) is 4.90 Å². The van der Waals surface area contributed by atoms with E-state index in [9.17, 15) is 4.79 Å². The van der Waals surface area contributed by atoms with E-state index in [2.05, 4.69) is 0 Å². The van der Waals surface area contributed by atoms with Crippen molar-refractivity contribution in [2.75, 3.05) is 18.1 Å². The second-order valence-corrected chi connectivity index (χ2v) is 3.77. The smallest absolute Gasteiger partial charge is 0.335 e. The number of benzene rings is 1. The van der Waals surface area contributed by atoms with E-state index in [0.29, 0.717) is 11.4 Å². The van der Waals surface area contributed by atoms with E-state index in [1.165, 1.54) is 23.9 Å². The zero-order chi connectivity index (χ0) is 10.6. The summed E-state index contributed by atoms with van der Waals surface area (Å²) >= 11 is 1.40. The summed E-state index contributed by atoms with van der Waals surface area (Å²) in [7, 11) is 0. The molecule has 1 aromatic rings. The quantitative estimate of drug-likeness (QED) is 0.514. The van der Waals surface area contributed by atoms with Gasteiger partial charge in [0, 0.05) is 16.3 Å². The molecule has 0 saturated heterocycles. The monoisotopic (exact) mass is 213 g/mol. The summed E-state index contributed by atoms with van der Waals surface area (Å²) in [5.74, 6) is -0.438. The number of nitrogen functional groups attached to an aromatic ring is 1. The minimum Gasteiger partial charge on any atom is -0.478 e. The van der Waals surface area contributed by atoms with Gasteiger partial charge in [0.1, 0.15) is 0 Å². The number of carboxylic acid groups (broad SMARTS) is 1. The normalized spacial score (nSPS) is 10.1. The van der Waals surface area contributed by atoms with Crippen LogP contribution >= 0.6 is 11.8 Å². The molecule has 0 amide bonds. The lowest BCUT2D eigenvalue weighted by Crippen LogP contribution is -1.99. The Labute approximate surface area is 85.7 Å². The number of nitrogens with two attached hydrogens (primary N) is 1. The Morgan fingerprint density at radius 3 is 2.71 bits per heavy atom. The Morgan fingerprint density at radius 2 is 2.21 bits per heavy atom. The maximum atomic E-state index is 10.6. The highest BCUT2D eigenvalue weighted by molar-refractivity contribution is 7.99. The Hall–Kier alpha value is -1.20. The minimum absolute atomic E-state index is 0.0742. The van der Waals surface area contributed by atoms with Crippen LogP contribution in [0.5, 0.6) is 0 Å². The summed E-state index contributed by atoms with van der Waals surface area (Å²) in [6.45, 7) is 0.0742. The molecule has 0 aromatic heterocycles. The number of rotatable bonds is 4. The second-order valence-electron chi connectivity index (χ2n) is 2.63. The maximum absolute atomic E-state index is 10.6. The molecule has 76 valence electrons. The van der Waals surface area contributed by atoms with E-state index in [1.807, 2.05) is 0 Å². The molecule has 0 heterocycles. The first-order chi connectivity index (χ1) is 6.65. The van der Waals surface area contributed by atoms with Crippen LogP contribution in [0.1, 0.15) is 10.4 Å². The molecule has 1 aromatic carbocycles. The van der Waals surface area contributed by atoms with Crippen molar-refractivity contribution in [3.63, 3.8) is 0 Å². The minimum atomic E-state index is -0.990. The Balaban J connectivity index is 2.84. The Bertz CT molecular complexity index is 341. The highest BCUT2D eigenvalue weighted by Crippen LogP contribution is 2.25. The number of carbonyl (C=O) groups is 1. The number of aromatic carboxylic acids is 1. The molecule has 4 nitrogen and oxygen atoms in total. The van der Waals surface area contributed by atoms with Crippen molar-refractivity contribution in [1.82, 2.24) is 0 Å². The Kier molecular flexibility index (Phi) is 3.79. The molecular formula is C9H11NO3S. The molecule has 0 atom stereocenters. The van der Waals surface area contributed by atoms with Gasteiger partial charge in [0.05, 0.1) is 12.2 Å². The van der Waals surface area contributed by atoms with Gasteiger partial charge in [0.25, 0.3) is 0 Å². The fourth-order valence-corrected chi connectivity index (χ4v) is 1.67. The summed E-state index contributed by atoms with van der Waals surface area (Å²) in [5, 5.41) is 17.3. The zero-order valence-electron chi connectivity index (χ0n) is 7.43. The molecule has 0 aliphatic carbocycles. The third kappa shape index (κ3) is 2.65. The fraction of sp³-hybridized carbons (Fsp3) is 0.222. The molecule has 14 heavy (non-hydrogen) atoms.